The lowest BCUT2D eigenvalue weighted by Crippen LogP contribution is -2.21. The van der Waals surface area contributed by atoms with Crippen molar-refractivity contribution >= 4 is 22.7 Å². The Morgan fingerprint density at radius 1 is 0.548 bits per heavy atom. The fourth-order valence-electron chi connectivity index (χ4n) is 4.26. The summed E-state index contributed by atoms with van der Waals surface area (Å²) in [4.78, 5) is 4.55. The minimum atomic E-state index is 0.402. The van der Waals surface area contributed by atoms with E-state index in [2.05, 4.69) is 138 Å². The van der Waals surface area contributed by atoms with E-state index >= 15 is 0 Å². The van der Waals surface area contributed by atoms with Crippen LogP contribution in [0.4, 0.5) is 22.7 Å². The highest BCUT2D eigenvalue weighted by atomic mass is 15.2. The van der Waals surface area contributed by atoms with Crippen LogP contribution >= 0.6 is 0 Å². The molecule has 2 aliphatic rings. The number of rotatable bonds is 5. The van der Waals surface area contributed by atoms with Gasteiger partial charge in [-0.25, -0.2) is 0 Å². The second kappa shape index (κ2) is 8.53. The van der Waals surface area contributed by atoms with Gasteiger partial charge in [-0.05, 0) is 54.6 Å². The van der Waals surface area contributed by atoms with Crippen molar-refractivity contribution in [2.75, 3.05) is 16.8 Å². The second-order valence-electron chi connectivity index (χ2n) is 7.96. The van der Waals surface area contributed by atoms with Gasteiger partial charge in [0.05, 0.1) is 0 Å². The maximum absolute atomic E-state index is 2.38. The molecule has 5 rings (SSSR count). The zero-order valence-corrected chi connectivity index (χ0v) is 17.7. The molecule has 0 saturated heterocycles. The second-order valence-corrected chi connectivity index (χ2v) is 7.96. The van der Waals surface area contributed by atoms with Gasteiger partial charge in [0.25, 0.3) is 0 Å². The summed E-state index contributed by atoms with van der Waals surface area (Å²) in [6, 6.07) is 29.8. The number of para-hydroxylation sites is 2. The Kier molecular flexibility index (Phi) is 5.28. The Labute approximate surface area is 184 Å². The summed E-state index contributed by atoms with van der Waals surface area (Å²) in [6.45, 7) is 0. The summed E-state index contributed by atoms with van der Waals surface area (Å²) < 4.78 is 0. The number of benzene rings is 3. The first kappa shape index (κ1) is 19.2. The molecular formula is C29H26N2. The van der Waals surface area contributed by atoms with Gasteiger partial charge >= 0.3 is 0 Å². The van der Waals surface area contributed by atoms with Crippen LogP contribution in [-0.2, 0) is 0 Å². The van der Waals surface area contributed by atoms with Crippen molar-refractivity contribution in [1.82, 2.24) is 0 Å². The summed E-state index contributed by atoms with van der Waals surface area (Å²) in [5, 5.41) is 0. The van der Waals surface area contributed by atoms with Crippen molar-refractivity contribution in [3.8, 4) is 0 Å². The molecule has 0 N–H and O–H groups in total. The van der Waals surface area contributed by atoms with Gasteiger partial charge in [0.1, 0.15) is 0 Å². The lowest BCUT2D eigenvalue weighted by Gasteiger charge is -2.31. The molecule has 0 spiro atoms. The fourth-order valence-corrected chi connectivity index (χ4v) is 4.26. The average Bonchev–Trinajstić information content (AvgIpc) is 2.85. The van der Waals surface area contributed by atoms with E-state index in [0.29, 0.717) is 11.8 Å². The van der Waals surface area contributed by atoms with Crippen molar-refractivity contribution in [3.05, 3.63) is 133 Å². The van der Waals surface area contributed by atoms with Crippen molar-refractivity contribution in [2.45, 2.75) is 0 Å². The molecular weight excluding hydrogens is 376 g/mol. The van der Waals surface area contributed by atoms with Crippen LogP contribution in [0.25, 0.3) is 0 Å². The largest absolute Gasteiger partial charge is 0.345 e. The molecule has 2 unspecified atom stereocenters. The van der Waals surface area contributed by atoms with E-state index in [0.717, 1.165) is 17.1 Å². The lowest BCUT2D eigenvalue weighted by molar-refractivity contribution is 0.652. The highest BCUT2D eigenvalue weighted by Crippen LogP contribution is 2.37. The smallest absolute Gasteiger partial charge is 0.0462 e. The average molecular weight is 403 g/mol. The van der Waals surface area contributed by atoms with E-state index in [9.17, 15) is 0 Å². The Balaban J connectivity index is 1.49. The number of hydrogen-bond acceptors (Lipinski definition) is 2. The molecule has 0 fully saturated rings. The van der Waals surface area contributed by atoms with E-state index < -0.39 is 0 Å². The Bertz CT molecular complexity index is 1140. The molecule has 2 nitrogen and oxygen atoms in total. The van der Waals surface area contributed by atoms with Gasteiger partial charge < -0.3 is 9.80 Å². The molecule has 0 saturated carbocycles. The highest BCUT2D eigenvalue weighted by Gasteiger charge is 2.22. The van der Waals surface area contributed by atoms with Crippen LogP contribution < -0.4 is 9.80 Å². The quantitative estimate of drug-likeness (QED) is 0.438. The van der Waals surface area contributed by atoms with E-state index in [4.69, 9.17) is 0 Å². The molecule has 2 atom stereocenters. The molecule has 2 heteroatoms. The zero-order valence-electron chi connectivity index (χ0n) is 17.7. The summed E-state index contributed by atoms with van der Waals surface area (Å²) in [5.74, 6) is 0.855. The maximum atomic E-state index is 2.38. The molecule has 0 bridgehead atoms. The minimum Gasteiger partial charge on any atom is -0.345 e. The third kappa shape index (κ3) is 3.97. The van der Waals surface area contributed by atoms with Crippen LogP contribution in [-0.4, -0.2) is 7.05 Å². The Hall–Kier alpha value is -3.78. The molecule has 0 radical (unpaired) electrons. The zero-order chi connectivity index (χ0) is 21.0. The van der Waals surface area contributed by atoms with Gasteiger partial charge in [-0.2, -0.15) is 0 Å². The van der Waals surface area contributed by atoms with E-state index in [1.807, 2.05) is 6.07 Å². The first-order valence-electron chi connectivity index (χ1n) is 10.8. The highest BCUT2D eigenvalue weighted by molar-refractivity contribution is 5.73. The topological polar surface area (TPSA) is 6.48 Å². The van der Waals surface area contributed by atoms with Gasteiger partial charge in [-0.1, -0.05) is 72.9 Å². The predicted molar refractivity (Wildman–Crippen MR) is 132 cm³/mol. The fraction of sp³-hybridized carbons (Fsp3) is 0.103. The Morgan fingerprint density at radius 3 is 1.74 bits per heavy atom. The van der Waals surface area contributed by atoms with E-state index in [1.165, 1.54) is 11.4 Å². The standard InChI is InChI=1S/C29H26N2/c1-30(25-12-4-2-5-13-25)26-18-20-28(21-19-26)31(27-14-6-3-7-15-27)29-17-16-23-10-8-9-11-24(23)22-29/h2-24H,1H3. The van der Waals surface area contributed by atoms with Crippen molar-refractivity contribution in [3.63, 3.8) is 0 Å². The predicted octanol–water partition coefficient (Wildman–Crippen LogP) is 7.40. The normalized spacial score (nSPS) is 18.9. The van der Waals surface area contributed by atoms with Crippen LogP contribution in [0.15, 0.2) is 133 Å². The first-order chi connectivity index (χ1) is 15.3. The van der Waals surface area contributed by atoms with Crippen LogP contribution in [0.1, 0.15) is 0 Å². The maximum Gasteiger partial charge on any atom is 0.0462 e. The summed E-state index contributed by atoms with van der Waals surface area (Å²) in [7, 11) is 2.11. The van der Waals surface area contributed by atoms with Crippen molar-refractivity contribution in [2.24, 2.45) is 11.8 Å². The van der Waals surface area contributed by atoms with Gasteiger partial charge in [0, 0.05) is 47.3 Å². The number of nitrogens with zero attached hydrogens (tertiary/aromatic N) is 2. The van der Waals surface area contributed by atoms with E-state index in [1.54, 1.807) is 0 Å². The molecule has 3 aromatic carbocycles. The number of fused-ring (bicyclic) bond motifs is 1. The molecule has 3 aromatic rings. The molecule has 0 amide bonds. The van der Waals surface area contributed by atoms with Crippen LogP contribution in [0.2, 0.25) is 0 Å². The molecule has 0 heterocycles. The van der Waals surface area contributed by atoms with E-state index in [-0.39, 0.29) is 0 Å². The monoisotopic (exact) mass is 402 g/mol. The van der Waals surface area contributed by atoms with Crippen LogP contribution in [0, 0.1) is 11.8 Å². The first-order valence-corrected chi connectivity index (χ1v) is 10.8. The summed E-state index contributed by atoms with van der Waals surface area (Å²) in [6.07, 6.45) is 15.8. The van der Waals surface area contributed by atoms with Gasteiger partial charge in [0.15, 0.2) is 0 Å². The third-order valence-corrected chi connectivity index (χ3v) is 5.99. The van der Waals surface area contributed by atoms with Crippen molar-refractivity contribution < 1.29 is 0 Å². The van der Waals surface area contributed by atoms with Crippen LogP contribution in [0.5, 0.6) is 0 Å². The third-order valence-electron chi connectivity index (χ3n) is 5.99. The van der Waals surface area contributed by atoms with Gasteiger partial charge in [-0.3, -0.25) is 0 Å². The van der Waals surface area contributed by atoms with Crippen LogP contribution in [0.3, 0.4) is 0 Å². The number of hydrogen-bond donors (Lipinski definition) is 0. The summed E-state index contributed by atoms with van der Waals surface area (Å²) >= 11 is 0. The molecule has 31 heavy (non-hydrogen) atoms. The SMILES string of the molecule is CN(c1ccccc1)c1ccc(N(C2=CC3C=CC=CC3C=C2)c2ccccc2)cc1. The molecule has 2 aliphatic carbocycles. The minimum absolute atomic E-state index is 0.402. The molecule has 0 aromatic heterocycles. The van der Waals surface area contributed by atoms with Crippen molar-refractivity contribution in [1.29, 1.82) is 0 Å². The lowest BCUT2D eigenvalue weighted by atomic mass is 9.84. The van der Waals surface area contributed by atoms with Gasteiger partial charge in [0.2, 0.25) is 0 Å². The summed E-state index contributed by atoms with van der Waals surface area (Å²) in [5.41, 5.74) is 5.86. The number of allylic oxidation sites excluding steroid dienone is 7. The molecule has 152 valence electrons. The number of anilines is 4. The molecule has 0 aliphatic heterocycles. The van der Waals surface area contributed by atoms with Gasteiger partial charge in [-0.15, -0.1) is 0 Å². The Morgan fingerprint density at radius 2 is 1.06 bits per heavy atom.